The Kier molecular flexibility index (Phi) is 9.16. The first kappa shape index (κ1) is 40.9. The largest absolute Gasteiger partial charge is 0.311 e. The zero-order chi connectivity index (χ0) is 44.5. The third-order valence-electron chi connectivity index (χ3n) is 14.8. The molecule has 0 unspecified atom stereocenters. The minimum atomic E-state index is -0.0318. The highest BCUT2D eigenvalue weighted by molar-refractivity contribution is 7.33. The summed E-state index contributed by atoms with van der Waals surface area (Å²) in [5.74, 6) is 0. The number of anilines is 6. The molecule has 7 aromatic carbocycles. The van der Waals surface area contributed by atoms with Crippen molar-refractivity contribution in [3.63, 3.8) is 0 Å². The van der Waals surface area contributed by atoms with E-state index in [-0.39, 0.29) is 28.4 Å². The Bertz CT molecular complexity index is 3140. The van der Waals surface area contributed by atoms with Gasteiger partial charge in [-0.05, 0) is 139 Å². The monoisotopic (exact) mass is 850 g/mol. The predicted octanol–water partition coefficient (Wildman–Crippen LogP) is 15.3. The molecule has 0 N–H and O–H groups in total. The van der Waals surface area contributed by atoms with Gasteiger partial charge in [-0.3, -0.25) is 0 Å². The highest BCUT2D eigenvalue weighted by atomic mass is 32.1. The van der Waals surface area contributed by atoms with Gasteiger partial charge in [-0.15, -0.1) is 11.3 Å². The van der Waals surface area contributed by atoms with Gasteiger partial charge in [-0.1, -0.05) is 166 Å². The normalized spacial score (nSPS) is 16.0. The standard InChI is InChI=1S/C60H59BN2S/c1-57(2,3)41-26-30-49(44(35-41)39-20-15-12-16-21-39)63-51-23-17-22-50-54(51)61(48-29-25-42(36-52(48)63)58(4,5)6)56-55(45-34-40(24-31-53(45)64-56)38-18-13-11-14-19-38)62(50)43-27-28-46-47(37-43)60(9,10)33-32-59(46,7)8/h11-31,34-37H,32-33H2,1-10H3. The van der Waals surface area contributed by atoms with Crippen molar-refractivity contribution in [1.29, 1.82) is 0 Å². The molecule has 3 heterocycles. The van der Waals surface area contributed by atoms with E-state index in [1.807, 2.05) is 11.3 Å². The maximum absolute atomic E-state index is 2.66. The first-order valence-electron chi connectivity index (χ1n) is 23.3. The molecule has 8 aromatic rings. The molecule has 0 spiro atoms. The highest BCUT2D eigenvalue weighted by Crippen LogP contribution is 2.53. The maximum Gasteiger partial charge on any atom is 0.264 e. The summed E-state index contributed by atoms with van der Waals surface area (Å²) in [6, 6.07) is 58.3. The van der Waals surface area contributed by atoms with E-state index in [0.717, 1.165) is 0 Å². The van der Waals surface area contributed by atoms with Crippen LogP contribution < -0.4 is 25.5 Å². The molecule has 2 aliphatic heterocycles. The zero-order valence-corrected chi connectivity index (χ0v) is 40.0. The van der Waals surface area contributed by atoms with Gasteiger partial charge in [-0.2, -0.15) is 0 Å². The second-order valence-corrected chi connectivity index (χ2v) is 23.2. The molecule has 0 saturated carbocycles. The SMILES string of the molecule is CC(C)(C)c1ccc(N2c3cc(C(C)(C)C)ccc3B3c4sc5ccc(-c6ccccc6)cc5c4N(c4ccc5c(c4)C(C)(C)CCC5(C)C)c4cccc2c43)c(-c2ccccc2)c1. The molecule has 11 rings (SSSR count). The van der Waals surface area contributed by atoms with E-state index in [4.69, 9.17) is 0 Å². The van der Waals surface area contributed by atoms with Crippen molar-refractivity contribution in [2.75, 3.05) is 9.80 Å². The van der Waals surface area contributed by atoms with Crippen LogP contribution in [0, 0.1) is 0 Å². The quantitative estimate of drug-likeness (QED) is 0.163. The summed E-state index contributed by atoms with van der Waals surface area (Å²) in [4.78, 5) is 5.28. The molecular weight excluding hydrogens is 792 g/mol. The smallest absolute Gasteiger partial charge is 0.264 e. The van der Waals surface area contributed by atoms with Crippen LogP contribution in [0.1, 0.15) is 104 Å². The predicted molar refractivity (Wildman–Crippen MR) is 279 cm³/mol. The average Bonchev–Trinajstić information content (AvgIpc) is 3.66. The minimum absolute atomic E-state index is 0.00458. The number of fused-ring (bicyclic) bond motifs is 7. The van der Waals surface area contributed by atoms with Crippen LogP contribution >= 0.6 is 11.3 Å². The number of rotatable bonds is 4. The first-order chi connectivity index (χ1) is 30.5. The molecule has 0 bridgehead atoms. The molecule has 1 aromatic heterocycles. The summed E-state index contributed by atoms with van der Waals surface area (Å²) < 4.78 is 2.73. The van der Waals surface area contributed by atoms with Crippen molar-refractivity contribution < 1.29 is 0 Å². The van der Waals surface area contributed by atoms with Gasteiger partial charge in [0.1, 0.15) is 0 Å². The van der Waals surface area contributed by atoms with E-state index in [0.29, 0.717) is 0 Å². The Labute approximate surface area is 385 Å². The molecule has 0 fully saturated rings. The topological polar surface area (TPSA) is 6.48 Å². The van der Waals surface area contributed by atoms with Gasteiger partial charge < -0.3 is 9.80 Å². The molecular formula is C60H59BN2S. The lowest BCUT2D eigenvalue weighted by atomic mass is 9.36. The van der Waals surface area contributed by atoms with Crippen LogP contribution in [0.5, 0.6) is 0 Å². The van der Waals surface area contributed by atoms with Crippen LogP contribution in [0.3, 0.4) is 0 Å². The zero-order valence-electron chi connectivity index (χ0n) is 39.2. The fraction of sp³-hybridized carbons (Fsp3) is 0.267. The summed E-state index contributed by atoms with van der Waals surface area (Å²) in [6.45, 7) is 23.8. The fourth-order valence-corrected chi connectivity index (χ4v) is 12.3. The Morgan fingerprint density at radius 1 is 0.500 bits per heavy atom. The molecule has 1 aliphatic carbocycles. The van der Waals surface area contributed by atoms with Crippen molar-refractivity contribution in [2.24, 2.45) is 0 Å². The number of thiophene rings is 1. The minimum Gasteiger partial charge on any atom is -0.311 e. The lowest BCUT2D eigenvalue weighted by Crippen LogP contribution is -2.60. The maximum atomic E-state index is 2.66. The molecule has 0 amide bonds. The Morgan fingerprint density at radius 2 is 1.12 bits per heavy atom. The van der Waals surface area contributed by atoms with E-state index in [2.05, 4.69) is 231 Å². The van der Waals surface area contributed by atoms with Gasteiger partial charge in [0.25, 0.3) is 6.71 Å². The van der Waals surface area contributed by atoms with Gasteiger partial charge in [0, 0.05) is 43.2 Å². The van der Waals surface area contributed by atoms with E-state index in [1.165, 1.54) is 117 Å². The Hall–Kier alpha value is -5.84. The van der Waals surface area contributed by atoms with Gasteiger partial charge in [0.15, 0.2) is 0 Å². The summed E-state index contributed by atoms with van der Waals surface area (Å²) in [5.41, 5.74) is 21.0. The second-order valence-electron chi connectivity index (χ2n) is 22.1. The summed E-state index contributed by atoms with van der Waals surface area (Å²) in [6.07, 6.45) is 2.37. The molecule has 64 heavy (non-hydrogen) atoms. The number of nitrogens with zero attached hydrogens (tertiary/aromatic N) is 2. The van der Waals surface area contributed by atoms with E-state index >= 15 is 0 Å². The fourth-order valence-electron chi connectivity index (χ4n) is 11.0. The molecule has 3 aliphatic rings. The van der Waals surface area contributed by atoms with E-state index in [1.54, 1.807) is 0 Å². The molecule has 0 atom stereocenters. The van der Waals surface area contributed by atoms with Crippen LogP contribution in [0.2, 0.25) is 0 Å². The van der Waals surface area contributed by atoms with Gasteiger partial charge in [0.05, 0.1) is 11.4 Å². The number of benzene rings is 7. The lowest BCUT2D eigenvalue weighted by Gasteiger charge is -2.45. The van der Waals surface area contributed by atoms with E-state index < -0.39 is 0 Å². The summed E-state index contributed by atoms with van der Waals surface area (Å²) in [5, 5.41) is 1.31. The summed E-state index contributed by atoms with van der Waals surface area (Å²) in [7, 11) is 0. The molecule has 4 heteroatoms. The van der Waals surface area contributed by atoms with Crippen LogP contribution in [0.4, 0.5) is 34.1 Å². The van der Waals surface area contributed by atoms with Crippen molar-refractivity contribution >= 4 is 78.0 Å². The molecule has 0 radical (unpaired) electrons. The van der Waals surface area contributed by atoms with Gasteiger partial charge in [-0.25, -0.2) is 0 Å². The molecule has 2 nitrogen and oxygen atoms in total. The second kappa shape index (κ2) is 14.3. The van der Waals surface area contributed by atoms with Crippen LogP contribution in [-0.2, 0) is 21.7 Å². The Morgan fingerprint density at radius 3 is 1.81 bits per heavy atom. The lowest BCUT2D eigenvalue weighted by molar-refractivity contribution is 0.332. The highest BCUT2D eigenvalue weighted by Gasteiger charge is 2.46. The van der Waals surface area contributed by atoms with Crippen LogP contribution in [0.15, 0.2) is 152 Å². The Balaban J connectivity index is 1.24. The van der Waals surface area contributed by atoms with Crippen molar-refractivity contribution in [2.45, 2.75) is 104 Å². The van der Waals surface area contributed by atoms with Crippen molar-refractivity contribution in [1.82, 2.24) is 0 Å². The van der Waals surface area contributed by atoms with Crippen LogP contribution in [-0.4, -0.2) is 6.71 Å². The van der Waals surface area contributed by atoms with E-state index in [9.17, 15) is 0 Å². The average molecular weight is 851 g/mol. The van der Waals surface area contributed by atoms with Gasteiger partial charge >= 0.3 is 0 Å². The summed E-state index contributed by atoms with van der Waals surface area (Å²) >= 11 is 1.98. The third kappa shape index (κ3) is 6.42. The van der Waals surface area contributed by atoms with Crippen molar-refractivity contribution in [3.05, 3.63) is 174 Å². The molecule has 318 valence electrons. The first-order valence-corrected chi connectivity index (χ1v) is 24.2. The third-order valence-corrected chi connectivity index (χ3v) is 16.1. The van der Waals surface area contributed by atoms with Crippen LogP contribution in [0.25, 0.3) is 32.3 Å². The number of hydrogen-bond acceptors (Lipinski definition) is 3. The van der Waals surface area contributed by atoms with Crippen molar-refractivity contribution in [3.8, 4) is 22.3 Å². The van der Waals surface area contributed by atoms with Gasteiger partial charge in [0.2, 0.25) is 0 Å². The molecule has 0 saturated heterocycles. The number of hydrogen-bond donors (Lipinski definition) is 0.